The second kappa shape index (κ2) is 7.40. The van der Waals surface area contributed by atoms with E-state index in [1.807, 2.05) is 31.2 Å². The molecular formula is C20H26N2O. The van der Waals surface area contributed by atoms with Gasteiger partial charge in [-0.3, -0.25) is 9.98 Å². The van der Waals surface area contributed by atoms with Crippen LogP contribution < -0.4 is 4.74 Å². The lowest BCUT2D eigenvalue weighted by molar-refractivity contribution is 0.415. The molecule has 0 aliphatic heterocycles. The minimum Gasteiger partial charge on any atom is -0.497 e. The van der Waals surface area contributed by atoms with Crippen molar-refractivity contribution < 1.29 is 4.74 Å². The average Bonchev–Trinajstić information content (AvgIpc) is 2.55. The first-order valence-corrected chi connectivity index (χ1v) is 8.12. The average molecular weight is 310 g/mol. The van der Waals surface area contributed by atoms with E-state index in [1.54, 1.807) is 7.11 Å². The van der Waals surface area contributed by atoms with Crippen LogP contribution in [-0.4, -0.2) is 17.8 Å². The number of ether oxygens (including phenoxy) is 1. The smallest absolute Gasteiger partial charge is 0.119 e. The molecule has 1 heterocycles. The van der Waals surface area contributed by atoms with Crippen LogP contribution in [0.2, 0.25) is 0 Å². The highest BCUT2D eigenvalue weighted by Crippen LogP contribution is 2.22. The van der Waals surface area contributed by atoms with Crippen molar-refractivity contribution in [3.8, 4) is 5.75 Å². The minimum absolute atomic E-state index is 0.404. The van der Waals surface area contributed by atoms with Crippen LogP contribution in [0.25, 0.3) is 0 Å². The van der Waals surface area contributed by atoms with Crippen molar-refractivity contribution in [2.45, 2.75) is 46.5 Å². The molecule has 2 aromatic rings. The van der Waals surface area contributed by atoms with Gasteiger partial charge < -0.3 is 4.74 Å². The first-order valence-electron chi connectivity index (χ1n) is 8.12. The van der Waals surface area contributed by atoms with E-state index >= 15 is 0 Å². The van der Waals surface area contributed by atoms with Gasteiger partial charge in [0.15, 0.2) is 0 Å². The van der Waals surface area contributed by atoms with Crippen LogP contribution in [0.4, 0.5) is 5.69 Å². The van der Waals surface area contributed by atoms with Crippen molar-refractivity contribution in [3.63, 3.8) is 0 Å². The molecule has 0 fully saturated rings. The molecule has 0 bridgehead atoms. The van der Waals surface area contributed by atoms with Crippen molar-refractivity contribution in [2.24, 2.45) is 4.99 Å². The summed E-state index contributed by atoms with van der Waals surface area (Å²) in [6, 6.07) is 12.1. The maximum Gasteiger partial charge on any atom is 0.119 e. The van der Waals surface area contributed by atoms with E-state index in [1.165, 1.54) is 0 Å². The third kappa shape index (κ3) is 4.41. The molecule has 23 heavy (non-hydrogen) atoms. The van der Waals surface area contributed by atoms with E-state index in [-0.39, 0.29) is 0 Å². The van der Waals surface area contributed by atoms with Gasteiger partial charge in [-0.05, 0) is 60.7 Å². The lowest BCUT2D eigenvalue weighted by Gasteiger charge is -2.13. The number of benzene rings is 1. The highest BCUT2D eigenvalue weighted by molar-refractivity contribution is 6.00. The van der Waals surface area contributed by atoms with Crippen molar-refractivity contribution in [2.75, 3.05) is 7.11 Å². The van der Waals surface area contributed by atoms with Crippen molar-refractivity contribution in [1.29, 1.82) is 0 Å². The SMILES string of the molecule is COc1ccc(N=C(C)c2cc(C(C)C)nc(C(C)C)c2)cc1. The Bertz CT molecular complexity index is 659. The van der Waals surface area contributed by atoms with Gasteiger partial charge in [0.25, 0.3) is 0 Å². The number of aliphatic imine (C=N–C) groups is 1. The monoisotopic (exact) mass is 310 g/mol. The van der Waals surface area contributed by atoms with Gasteiger partial charge in [-0.25, -0.2) is 0 Å². The molecule has 0 atom stereocenters. The first-order chi connectivity index (χ1) is 10.9. The number of aromatic nitrogens is 1. The summed E-state index contributed by atoms with van der Waals surface area (Å²) in [4.78, 5) is 9.51. The molecule has 0 saturated heterocycles. The van der Waals surface area contributed by atoms with E-state index < -0.39 is 0 Å². The highest BCUT2D eigenvalue weighted by Gasteiger charge is 2.10. The minimum atomic E-state index is 0.404. The Kier molecular flexibility index (Phi) is 5.54. The molecule has 122 valence electrons. The Morgan fingerprint density at radius 3 is 1.91 bits per heavy atom. The molecular weight excluding hydrogens is 284 g/mol. The molecule has 0 saturated carbocycles. The molecule has 0 aliphatic carbocycles. The van der Waals surface area contributed by atoms with Crippen molar-refractivity contribution in [1.82, 2.24) is 4.98 Å². The second-order valence-electron chi connectivity index (χ2n) is 6.41. The van der Waals surface area contributed by atoms with Crippen LogP contribution in [0.5, 0.6) is 5.75 Å². The molecule has 0 amide bonds. The maximum atomic E-state index is 5.19. The molecule has 0 N–H and O–H groups in total. The predicted molar refractivity (Wildman–Crippen MR) is 97.3 cm³/mol. The summed E-state index contributed by atoms with van der Waals surface area (Å²) in [6.07, 6.45) is 0. The number of pyridine rings is 1. The van der Waals surface area contributed by atoms with E-state index in [2.05, 4.69) is 39.8 Å². The Hall–Kier alpha value is -2.16. The summed E-state index contributed by atoms with van der Waals surface area (Å²) in [5.41, 5.74) is 5.31. The van der Waals surface area contributed by atoms with Crippen LogP contribution >= 0.6 is 0 Å². The second-order valence-corrected chi connectivity index (χ2v) is 6.41. The molecule has 3 nitrogen and oxygen atoms in total. The Morgan fingerprint density at radius 2 is 1.48 bits per heavy atom. The highest BCUT2D eigenvalue weighted by atomic mass is 16.5. The zero-order valence-electron chi connectivity index (χ0n) is 14.9. The topological polar surface area (TPSA) is 34.5 Å². The normalized spacial score (nSPS) is 12.1. The van der Waals surface area contributed by atoms with Gasteiger partial charge >= 0.3 is 0 Å². The van der Waals surface area contributed by atoms with Crippen LogP contribution in [0.15, 0.2) is 41.4 Å². The van der Waals surface area contributed by atoms with Gasteiger partial charge in [0.05, 0.1) is 12.8 Å². The molecule has 0 unspecified atom stereocenters. The van der Waals surface area contributed by atoms with Crippen molar-refractivity contribution in [3.05, 3.63) is 53.3 Å². The molecule has 2 rings (SSSR count). The summed E-state index contributed by atoms with van der Waals surface area (Å²) >= 11 is 0. The van der Waals surface area contributed by atoms with Gasteiger partial charge in [0.2, 0.25) is 0 Å². The molecule has 3 heteroatoms. The summed E-state index contributed by atoms with van der Waals surface area (Å²) in [6.45, 7) is 10.7. The number of rotatable bonds is 5. The number of hydrogen-bond acceptors (Lipinski definition) is 3. The molecule has 0 aliphatic rings. The van der Waals surface area contributed by atoms with E-state index in [0.29, 0.717) is 11.8 Å². The lowest BCUT2D eigenvalue weighted by Crippen LogP contribution is -2.05. The fourth-order valence-corrected chi connectivity index (χ4v) is 2.29. The fraction of sp³-hybridized carbons (Fsp3) is 0.400. The summed E-state index contributed by atoms with van der Waals surface area (Å²) in [7, 11) is 1.67. The summed E-state index contributed by atoms with van der Waals surface area (Å²) in [5.74, 6) is 1.65. The molecule has 1 aromatic carbocycles. The van der Waals surface area contributed by atoms with E-state index in [4.69, 9.17) is 14.7 Å². The third-order valence-corrected chi connectivity index (χ3v) is 3.84. The maximum absolute atomic E-state index is 5.19. The van der Waals surface area contributed by atoms with Crippen LogP contribution in [-0.2, 0) is 0 Å². The zero-order valence-corrected chi connectivity index (χ0v) is 14.9. The number of methoxy groups -OCH3 is 1. The Labute approximate surface area is 139 Å². The summed E-state index contributed by atoms with van der Waals surface area (Å²) in [5, 5.41) is 0. The Balaban J connectivity index is 2.40. The van der Waals surface area contributed by atoms with Gasteiger partial charge in [-0.2, -0.15) is 0 Å². The molecule has 0 radical (unpaired) electrons. The van der Waals surface area contributed by atoms with E-state index in [0.717, 1.165) is 34.1 Å². The third-order valence-electron chi connectivity index (χ3n) is 3.84. The van der Waals surface area contributed by atoms with Gasteiger partial charge in [0, 0.05) is 17.1 Å². The van der Waals surface area contributed by atoms with Gasteiger partial charge in [-0.1, -0.05) is 27.7 Å². The first kappa shape index (κ1) is 17.2. The number of hydrogen-bond donors (Lipinski definition) is 0. The molecule has 0 spiro atoms. The lowest BCUT2D eigenvalue weighted by atomic mass is 10.0. The van der Waals surface area contributed by atoms with Crippen LogP contribution in [0.3, 0.4) is 0 Å². The van der Waals surface area contributed by atoms with Crippen LogP contribution in [0.1, 0.15) is 63.4 Å². The van der Waals surface area contributed by atoms with Crippen molar-refractivity contribution >= 4 is 11.4 Å². The van der Waals surface area contributed by atoms with Gasteiger partial charge in [0.1, 0.15) is 5.75 Å². The largest absolute Gasteiger partial charge is 0.497 e. The quantitative estimate of drug-likeness (QED) is 0.685. The Morgan fingerprint density at radius 1 is 0.957 bits per heavy atom. The zero-order chi connectivity index (χ0) is 17.0. The fourth-order valence-electron chi connectivity index (χ4n) is 2.29. The predicted octanol–water partition coefficient (Wildman–Crippen LogP) is 5.48. The van der Waals surface area contributed by atoms with Crippen LogP contribution in [0, 0.1) is 0 Å². The number of nitrogens with zero attached hydrogens (tertiary/aromatic N) is 2. The molecule has 1 aromatic heterocycles. The standard InChI is InChI=1S/C20H26N2O/c1-13(2)19-11-16(12-20(22-19)14(3)4)15(5)21-17-7-9-18(23-6)10-8-17/h7-14H,1-6H3. The summed E-state index contributed by atoms with van der Waals surface area (Å²) < 4.78 is 5.19. The van der Waals surface area contributed by atoms with Gasteiger partial charge in [-0.15, -0.1) is 0 Å². The van der Waals surface area contributed by atoms with E-state index in [9.17, 15) is 0 Å².